The van der Waals surface area contributed by atoms with Gasteiger partial charge in [0.25, 0.3) is 0 Å². The number of phenolic OH excluding ortho intramolecular Hbond substituents is 1. The number of hydrogen-bond acceptors (Lipinski definition) is 4. The predicted octanol–water partition coefficient (Wildman–Crippen LogP) is 4.08. The highest BCUT2D eigenvalue weighted by atomic mass is 35.5. The molecule has 2 aromatic carbocycles. The van der Waals surface area contributed by atoms with Gasteiger partial charge in [-0.2, -0.15) is 0 Å². The van der Waals surface area contributed by atoms with Crippen LogP contribution in [-0.4, -0.2) is 22.2 Å². The summed E-state index contributed by atoms with van der Waals surface area (Å²) in [5, 5.41) is 11.6. The topological polar surface area (TPSA) is 55.2 Å². The fourth-order valence-electron chi connectivity index (χ4n) is 3.45. The van der Waals surface area contributed by atoms with Crippen molar-refractivity contribution in [3.05, 3.63) is 58.5 Å². The number of rotatable bonds is 2. The molecule has 0 fully saturated rings. The molecule has 0 amide bonds. The molecular formula is C18H15ClN2O2. The molecule has 0 radical (unpaired) electrons. The van der Waals surface area contributed by atoms with E-state index in [1.165, 1.54) is 24.6 Å². The number of nitrogens with zero attached hydrogens (tertiary/aromatic N) is 2. The van der Waals surface area contributed by atoms with Crippen molar-refractivity contribution >= 4 is 22.5 Å². The molecule has 0 spiro atoms. The first-order valence-electron chi connectivity index (χ1n) is 7.48. The van der Waals surface area contributed by atoms with Crippen LogP contribution in [0.3, 0.4) is 0 Å². The largest absolute Gasteiger partial charge is 0.504 e. The van der Waals surface area contributed by atoms with Gasteiger partial charge >= 0.3 is 0 Å². The Bertz CT molecular complexity index is 911. The second kappa shape index (κ2) is 5.39. The molecule has 4 nitrogen and oxygen atoms in total. The maximum Gasteiger partial charge on any atom is 0.187 e. The van der Waals surface area contributed by atoms with Gasteiger partial charge in [0.15, 0.2) is 11.5 Å². The predicted molar refractivity (Wildman–Crippen MR) is 89.4 cm³/mol. The lowest BCUT2D eigenvalue weighted by Gasteiger charge is -2.15. The van der Waals surface area contributed by atoms with E-state index in [2.05, 4.69) is 16.0 Å². The van der Waals surface area contributed by atoms with Gasteiger partial charge in [0.2, 0.25) is 0 Å². The molecule has 0 saturated carbocycles. The third-order valence-electron chi connectivity index (χ3n) is 4.49. The Hall–Kier alpha value is -2.33. The van der Waals surface area contributed by atoms with Crippen LogP contribution < -0.4 is 4.74 Å². The van der Waals surface area contributed by atoms with E-state index in [4.69, 9.17) is 16.3 Å². The standard InChI is InChI=1S/C18H15ClN2O2/c1-23-18-15(22)7-6-13-16(20-9-21-17(13)18)12-5-3-10-2-4-11(19)8-14(10)12/h2,4,6-9,12,22H,3,5H2,1H3/t12-/m1/s1. The minimum absolute atomic E-state index is 0.0829. The quantitative estimate of drug-likeness (QED) is 0.771. The number of aromatic hydroxyl groups is 1. The molecule has 1 atom stereocenters. The Morgan fingerprint density at radius 3 is 2.91 bits per heavy atom. The van der Waals surface area contributed by atoms with Gasteiger partial charge in [-0.1, -0.05) is 17.7 Å². The molecule has 0 bridgehead atoms. The molecule has 1 N–H and O–H groups in total. The lowest BCUT2D eigenvalue weighted by Crippen LogP contribution is -2.02. The van der Waals surface area contributed by atoms with Crippen LogP contribution in [0.5, 0.6) is 11.5 Å². The second-order valence-corrected chi connectivity index (χ2v) is 6.14. The third kappa shape index (κ3) is 2.21. The monoisotopic (exact) mass is 326 g/mol. The average molecular weight is 327 g/mol. The number of phenols is 1. The van der Waals surface area contributed by atoms with E-state index in [0.717, 1.165) is 28.9 Å². The number of aromatic nitrogens is 2. The van der Waals surface area contributed by atoms with Gasteiger partial charge in [-0.25, -0.2) is 9.97 Å². The Kier molecular flexibility index (Phi) is 3.34. The fourth-order valence-corrected chi connectivity index (χ4v) is 3.63. The van der Waals surface area contributed by atoms with Crippen molar-refractivity contribution < 1.29 is 9.84 Å². The molecule has 4 rings (SSSR count). The number of ether oxygens (including phenoxy) is 1. The number of aryl methyl sites for hydroxylation is 1. The highest BCUT2D eigenvalue weighted by molar-refractivity contribution is 6.30. The van der Waals surface area contributed by atoms with E-state index in [1.54, 1.807) is 6.07 Å². The summed E-state index contributed by atoms with van der Waals surface area (Å²) in [5.41, 5.74) is 4.13. The van der Waals surface area contributed by atoms with Gasteiger partial charge in [-0.05, 0) is 48.2 Å². The Morgan fingerprint density at radius 2 is 2.09 bits per heavy atom. The van der Waals surface area contributed by atoms with E-state index in [0.29, 0.717) is 11.3 Å². The maximum atomic E-state index is 9.96. The highest BCUT2D eigenvalue weighted by Crippen LogP contribution is 2.42. The first kappa shape index (κ1) is 14.3. The lowest BCUT2D eigenvalue weighted by molar-refractivity contribution is 0.377. The number of methoxy groups -OCH3 is 1. The van der Waals surface area contributed by atoms with Crippen molar-refractivity contribution in [3.63, 3.8) is 0 Å². The molecule has 3 aromatic rings. The van der Waals surface area contributed by atoms with E-state index < -0.39 is 0 Å². The van der Waals surface area contributed by atoms with Gasteiger partial charge < -0.3 is 9.84 Å². The molecule has 23 heavy (non-hydrogen) atoms. The molecular weight excluding hydrogens is 312 g/mol. The summed E-state index contributed by atoms with van der Waals surface area (Å²) in [6.07, 6.45) is 3.53. The Balaban J connectivity index is 1.93. The van der Waals surface area contributed by atoms with Crippen LogP contribution >= 0.6 is 11.6 Å². The smallest absolute Gasteiger partial charge is 0.187 e. The van der Waals surface area contributed by atoms with Crippen molar-refractivity contribution in [1.82, 2.24) is 9.97 Å². The maximum absolute atomic E-state index is 9.96. The SMILES string of the molecule is COc1c(O)ccc2c([C@@H]3CCc4ccc(Cl)cc43)ncnc12. The minimum Gasteiger partial charge on any atom is -0.504 e. The van der Waals surface area contributed by atoms with Gasteiger partial charge in [0.05, 0.1) is 12.8 Å². The van der Waals surface area contributed by atoms with Crippen LogP contribution in [0.1, 0.15) is 29.2 Å². The van der Waals surface area contributed by atoms with Crippen molar-refractivity contribution in [2.24, 2.45) is 0 Å². The zero-order chi connectivity index (χ0) is 16.0. The summed E-state index contributed by atoms with van der Waals surface area (Å²) < 4.78 is 5.30. The second-order valence-electron chi connectivity index (χ2n) is 5.71. The first-order valence-corrected chi connectivity index (χ1v) is 7.85. The number of benzene rings is 2. The van der Waals surface area contributed by atoms with Crippen LogP contribution in [0, 0.1) is 0 Å². The normalized spacial score (nSPS) is 16.5. The number of fused-ring (bicyclic) bond motifs is 2. The molecule has 0 aliphatic heterocycles. The third-order valence-corrected chi connectivity index (χ3v) is 4.73. The van der Waals surface area contributed by atoms with Crippen LogP contribution in [-0.2, 0) is 6.42 Å². The van der Waals surface area contributed by atoms with Crippen LogP contribution in [0.2, 0.25) is 5.02 Å². The van der Waals surface area contributed by atoms with E-state index in [9.17, 15) is 5.11 Å². The lowest BCUT2D eigenvalue weighted by atomic mass is 9.94. The Labute approximate surface area is 138 Å². The zero-order valence-corrected chi connectivity index (χ0v) is 13.3. The summed E-state index contributed by atoms with van der Waals surface area (Å²) in [5.74, 6) is 0.651. The molecule has 0 saturated heterocycles. The van der Waals surface area contributed by atoms with Gasteiger partial charge in [0, 0.05) is 16.3 Å². The fraction of sp³-hybridized carbons (Fsp3) is 0.222. The van der Waals surface area contributed by atoms with Gasteiger partial charge in [0.1, 0.15) is 11.8 Å². The minimum atomic E-state index is 0.0829. The number of halogens is 1. The van der Waals surface area contributed by atoms with Gasteiger partial charge in [-0.15, -0.1) is 0 Å². The molecule has 1 heterocycles. The summed E-state index contributed by atoms with van der Waals surface area (Å²) in [4.78, 5) is 8.83. The number of hydrogen-bond donors (Lipinski definition) is 1. The molecule has 116 valence electrons. The summed E-state index contributed by atoms with van der Waals surface area (Å²) in [7, 11) is 1.53. The van der Waals surface area contributed by atoms with Crippen molar-refractivity contribution in [2.75, 3.05) is 7.11 Å². The summed E-state index contributed by atoms with van der Waals surface area (Å²) >= 11 is 6.18. The summed E-state index contributed by atoms with van der Waals surface area (Å²) in [6.45, 7) is 0. The van der Waals surface area contributed by atoms with E-state index >= 15 is 0 Å². The van der Waals surface area contributed by atoms with E-state index in [1.807, 2.05) is 18.2 Å². The van der Waals surface area contributed by atoms with Crippen LogP contribution in [0.15, 0.2) is 36.7 Å². The molecule has 1 aromatic heterocycles. The average Bonchev–Trinajstić information content (AvgIpc) is 2.97. The molecule has 0 unspecified atom stereocenters. The molecule has 5 heteroatoms. The van der Waals surface area contributed by atoms with E-state index in [-0.39, 0.29) is 11.7 Å². The highest BCUT2D eigenvalue weighted by Gasteiger charge is 2.27. The van der Waals surface area contributed by atoms with Crippen LogP contribution in [0.4, 0.5) is 0 Å². The van der Waals surface area contributed by atoms with Gasteiger partial charge in [-0.3, -0.25) is 0 Å². The summed E-state index contributed by atoms with van der Waals surface area (Å²) in [6, 6.07) is 9.53. The first-order chi connectivity index (χ1) is 11.2. The Morgan fingerprint density at radius 1 is 1.22 bits per heavy atom. The van der Waals surface area contributed by atoms with Crippen molar-refractivity contribution in [2.45, 2.75) is 18.8 Å². The van der Waals surface area contributed by atoms with Crippen LogP contribution in [0.25, 0.3) is 10.9 Å². The van der Waals surface area contributed by atoms with Crippen molar-refractivity contribution in [1.29, 1.82) is 0 Å². The zero-order valence-electron chi connectivity index (χ0n) is 12.6. The molecule has 1 aliphatic rings. The van der Waals surface area contributed by atoms with Crippen molar-refractivity contribution in [3.8, 4) is 11.5 Å². The molecule has 1 aliphatic carbocycles.